The minimum Gasteiger partial charge on any atom is -0.494 e. The number of ether oxygens (including phenoxy) is 1. The topological polar surface area (TPSA) is 64.6 Å². The average molecular weight is 380 g/mol. The van der Waals surface area contributed by atoms with Gasteiger partial charge in [0.15, 0.2) is 0 Å². The molecule has 4 rings (SSSR count). The predicted molar refractivity (Wildman–Crippen MR) is 113 cm³/mol. The number of fused-ring (bicyclic) bond motifs is 1. The van der Waals surface area contributed by atoms with Crippen LogP contribution in [0.1, 0.15) is 18.1 Å². The van der Waals surface area contributed by atoms with Crippen LogP contribution < -0.4 is 9.64 Å². The zero-order valence-corrected chi connectivity index (χ0v) is 16.8. The molecule has 148 valence electrons. The molecular formula is C22H28N4O2. The van der Waals surface area contributed by atoms with Crippen LogP contribution in [0.3, 0.4) is 0 Å². The Kier molecular flexibility index (Phi) is 5.24. The summed E-state index contributed by atoms with van der Waals surface area (Å²) in [6.07, 6.45) is 0. The van der Waals surface area contributed by atoms with Crippen molar-refractivity contribution in [3.63, 3.8) is 0 Å². The van der Waals surface area contributed by atoms with Gasteiger partial charge in [0.25, 0.3) is 0 Å². The van der Waals surface area contributed by atoms with Crippen LogP contribution >= 0.6 is 0 Å². The molecule has 2 heterocycles. The Bertz CT molecular complexity index is 974. The summed E-state index contributed by atoms with van der Waals surface area (Å²) >= 11 is 0. The highest BCUT2D eigenvalue weighted by Crippen LogP contribution is 2.30. The van der Waals surface area contributed by atoms with Crippen molar-refractivity contribution in [2.24, 2.45) is 0 Å². The van der Waals surface area contributed by atoms with E-state index in [1.165, 1.54) is 11.3 Å². The maximum Gasteiger partial charge on any atom is 0.138 e. The van der Waals surface area contributed by atoms with Gasteiger partial charge in [0.2, 0.25) is 0 Å². The summed E-state index contributed by atoms with van der Waals surface area (Å²) in [5, 5.41) is 9.68. The first-order valence-electron chi connectivity index (χ1n) is 9.90. The van der Waals surface area contributed by atoms with Gasteiger partial charge in [-0.1, -0.05) is 0 Å². The van der Waals surface area contributed by atoms with Gasteiger partial charge in [0.1, 0.15) is 11.6 Å². The fourth-order valence-electron chi connectivity index (χ4n) is 3.80. The smallest absolute Gasteiger partial charge is 0.138 e. The molecular weight excluding hydrogens is 352 g/mol. The maximum absolute atomic E-state index is 9.68. The number of aliphatic hydroxyl groups is 1. The minimum atomic E-state index is -0.0595. The molecule has 0 aliphatic carbocycles. The second-order valence-corrected chi connectivity index (χ2v) is 7.45. The highest BCUT2D eigenvalue weighted by Gasteiger charge is 2.17. The van der Waals surface area contributed by atoms with Gasteiger partial charge in [-0.2, -0.15) is 0 Å². The Hall–Kier alpha value is -2.57. The first-order valence-corrected chi connectivity index (χ1v) is 9.90. The van der Waals surface area contributed by atoms with Crippen molar-refractivity contribution in [3.8, 4) is 17.1 Å². The standard InChI is InChI=1S/C22H28N4O2/c1-4-28-20-6-5-16(12-17(20)14-27)22-23-19-13-18(11-15(2)21(19)24-22)26-9-7-25(3)8-10-26/h5-6,11-13,27H,4,7-10,14H2,1-3H3,(H,23,24). The van der Waals surface area contributed by atoms with Crippen LogP contribution in [0.15, 0.2) is 30.3 Å². The van der Waals surface area contributed by atoms with Gasteiger partial charge in [0.05, 0.1) is 24.2 Å². The predicted octanol–water partition coefficient (Wildman–Crippen LogP) is 3.18. The Balaban J connectivity index is 1.69. The Morgan fingerprint density at radius 1 is 1.14 bits per heavy atom. The van der Waals surface area contributed by atoms with E-state index in [0.29, 0.717) is 6.61 Å². The lowest BCUT2D eigenvalue weighted by molar-refractivity contribution is 0.267. The molecule has 1 saturated heterocycles. The number of aromatic amines is 1. The number of likely N-dealkylation sites (N-methyl/N-ethyl adjacent to an activating group) is 1. The fraction of sp³-hybridized carbons (Fsp3) is 0.409. The number of aryl methyl sites for hydroxylation is 1. The highest BCUT2D eigenvalue weighted by atomic mass is 16.5. The van der Waals surface area contributed by atoms with Gasteiger partial charge >= 0.3 is 0 Å². The number of H-pyrrole nitrogens is 1. The number of aliphatic hydroxyl groups excluding tert-OH is 1. The van der Waals surface area contributed by atoms with Crippen molar-refractivity contribution in [1.82, 2.24) is 14.9 Å². The summed E-state index contributed by atoms with van der Waals surface area (Å²) < 4.78 is 5.59. The fourth-order valence-corrected chi connectivity index (χ4v) is 3.80. The average Bonchev–Trinajstić information content (AvgIpc) is 3.14. The largest absolute Gasteiger partial charge is 0.494 e. The number of nitrogens with zero attached hydrogens (tertiary/aromatic N) is 3. The normalized spacial score (nSPS) is 15.4. The molecule has 1 fully saturated rings. The first kappa shape index (κ1) is 18.8. The van der Waals surface area contributed by atoms with Crippen LogP contribution in [0.2, 0.25) is 0 Å². The number of nitrogens with one attached hydrogen (secondary N) is 1. The van der Waals surface area contributed by atoms with Crippen molar-refractivity contribution in [2.75, 3.05) is 44.7 Å². The number of aromatic nitrogens is 2. The molecule has 0 radical (unpaired) electrons. The van der Waals surface area contributed by atoms with Gasteiger partial charge in [-0.3, -0.25) is 0 Å². The molecule has 0 bridgehead atoms. The van der Waals surface area contributed by atoms with E-state index in [1.807, 2.05) is 25.1 Å². The first-order chi connectivity index (χ1) is 13.6. The van der Waals surface area contributed by atoms with E-state index in [4.69, 9.17) is 9.72 Å². The summed E-state index contributed by atoms with van der Waals surface area (Å²) in [5.74, 6) is 1.53. The molecule has 0 amide bonds. The minimum absolute atomic E-state index is 0.0595. The number of rotatable bonds is 5. The van der Waals surface area contributed by atoms with E-state index in [9.17, 15) is 5.11 Å². The summed E-state index contributed by atoms with van der Waals surface area (Å²) in [4.78, 5) is 13.1. The van der Waals surface area contributed by atoms with Crippen LogP contribution in [0.4, 0.5) is 5.69 Å². The number of benzene rings is 2. The van der Waals surface area contributed by atoms with E-state index in [0.717, 1.165) is 59.9 Å². The molecule has 1 aromatic heterocycles. The SMILES string of the molecule is CCOc1ccc(-c2nc3c(C)cc(N4CCN(C)CC4)cc3[nH]2)cc1CO. The molecule has 28 heavy (non-hydrogen) atoms. The molecule has 0 atom stereocenters. The molecule has 1 aliphatic rings. The van der Waals surface area contributed by atoms with Gasteiger partial charge < -0.3 is 24.6 Å². The van der Waals surface area contributed by atoms with Crippen molar-refractivity contribution in [1.29, 1.82) is 0 Å². The maximum atomic E-state index is 9.68. The summed E-state index contributed by atoms with van der Waals surface area (Å²) in [5.41, 5.74) is 6.17. The molecule has 0 spiro atoms. The second-order valence-electron chi connectivity index (χ2n) is 7.45. The molecule has 3 aromatic rings. The van der Waals surface area contributed by atoms with Crippen molar-refractivity contribution >= 4 is 16.7 Å². The van der Waals surface area contributed by atoms with Crippen LogP contribution in [0, 0.1) is 6.92 Å². The van der Waals surface area contributed by atoms with E-state index in [2.05, 4.69) is 40.9 Å². The van der Waals surface area contributed by atoms with E-state index in [-0.39, 0.29) is 6.61 Å². The number of hydrogen-bond donors (Lipinski definition) is 2. The summed E-state index contributed by atoms with van der Waals surface area (Å²) in [6, 6.07) is 10.3. The third-order valence-electron chi connectivity index (χ3n) is 5.43. The third-order valence-corrected chi connectivity index (χ3v) is 5.43. The van der Waals surface area contributed by atoms with Gasteiger partial charge in [-0.25, -0.2) is 4.98 Å². The Morgan fingerprint density at radius 2 is 1.93 bits per heavy atom. The van der Waals surface area contributed by atoms with Crippen molar-refractivity contribution < 1.29 is 9.84 Å². The van der Waals surface area contributed by atoms with Crippen molar-refractivity contribution in [3.05, 3.63) is 41.5 Å². The number of anilines is 1. The molecule has 6 heteroatoms. The highest BCUT2D eigenvalue weighted by molar-refractivity contribution is 5.86. The molecule has 2 N–H and O–H groups in total. The number of imidazole rings is 1. The number of piperazine rings is 1. The van der Waals surface area contributed by atoms with E-state index in [1.54, 1.807) is 0 Å². The molecule has 2 aromatic carbocycles. The van der Waals surface area contributed by atoms with Crippen molar-refractivity contribution in [2.45, 2.75) is 20.5 Å². The monoisotopic (exact) mass is 380 g/mol. The van der Waals surface area contributed by atoms with Crippen LogP contribution in [0.5, 0.6) is 5.75 Å². The Labute approximate surface area is 165 Å². The lowest BCUT2D eigenvalue weighted by atomic mass is 10.1. The van der Waals surface area contributed by atoms with Gasteiger partial charge in [0, 0.05) is 43.0 Å². The summed E-state index contributed by atoms with van der Waals surface area (Å²) in [7, 11) is 2.17. The third kappa shape index (κ3) is 3.57. The molecule has 1 aliphatic heterocycles. The quantitative estimate of drug-likeness (QED) is 0.712. The van der Waals surface area contributed by atoms with Crippen LogP contribution in [-0.4, -0.2) is 59.8 Å². The van der Waals surface area contributed by atoms with Gasteiger partial charge in [-0.15, -0.1) is 0 Å². The molecule has 0 saturated carbocycles. The lowest BCUT2D eigenvalue weighted by Gasteiger charge is -2.34. The van der Waals surface area contributed by atoms with E-state index >= 15 is 0 Å². The second kappa shape index (κ2) is 7.81. The van der Waals surface area contributed by atoms with Crippen LogP contribution in [-0.2, 0) is 6.61 Å². The molecule has 0 unspecified atom stereocenters. The summed E-state index contributed by atoms with van der Waals surface area (Å²) in [6.45, 7) is 8.82. The van der Waals surface area contributed by atoms with Crippen LogP contribution in [0.25, 0.3) is 22.4 Å². The lowest BCUT2D eigenvalue weighted by Crippen LogP contribution is -2.44. The zero-order valence-electron chi connectivity index (χ0n) is 16.8. The Morgan fingerprint density at radius 3 is 2.64 bits per heavy atom. The molecule has 6 nitrogen and oxygen atoms in total. The zero-order chi connectivity index (χ0) is 19.7. The van der Waals surface area contributed by atoms with Gasteiger partial charge in [-0.05, 0) is 56.8 Å². The number of hydrogen-bond acceptors (Lipinski definition) is 5. The van der Waals surface area contributed by atoms with E-state index < -0.39 is 0 Å².